The molecule has 3 nitrogen and oxygen atoms in total. The normalized spacial score (nSPS) is 23.2. The van der Waals surface area contributed by atoms with E-state index in [4.69, 9.17) is 5.11 Å². The largest absolute Gasteiger partial charge is 0.396 e. The fourth-order valence-corrected chi connectivity index (χ4v) is 2.01. The van der Waals surface area contributed by atoms with E-state index in [0.29, 0.717) is 11.7 Å². The third kappa shape index (κ3) is 3.19. The van der Waals surface area contributed by atoms with Crippen molar-refractivity contribution in [3.05, 3.63) is 0 Å². The topological polar surface area (TPSA) is 40.5 Å². The van der Waals surface area contributed by atoms with Crippen molar-refractivity contribution in [1.29, 1.82) is 0 Å². The summed E-state index contributed by atoms with van der Waals surface area (Å²) in [5.41, 5.74) is 0. The van der Waals surface area contributed by atoms with Crippen molar-refractivity contribution < 1.29 is 9.90 Å². The second-order valence-electron chi connectivity index (χ2n) is 3.52. The van der Waals surface area contributed by atoms with Crippen molar-refractivity contribution in [2.75, 3.05) is 25.4 Å². The summed E-state index contributed by atoms with van der Waals surface area (Å²) >= 11 is 3.97. The van der Waals surface area contributed by atoms with Gasteiger partial charge < -0.3 is 10.0 Å². The molecule has 1 amide bonds. The molecule has 0 aliphatic carbocycles. The van der Waals surface area contributed by atoms with Crippen molar-refractivity contribution in [1.82, 2.24) is 4.90 Å². The molecule has 1 rings (SSSR count). The average Bonchev–Trinajstić information content (AvgIpc) is 2.18. The van der Waals surface area contributed by atoms with Crippen LogP contribution in [0.4, 0.5) is 0 Å². The number of hydrogen-bond donors (Lipinski definition) is 2. The monoisotopic (exact) mass is 203 g/mol. The standard InChI is InChI=1S/C9H17NO2S/c11-5-3-8-2-1-4-10(6-8)9(12)7-13/h8,11,13H,1-7H2. The maximum Gasteiger partial charge on any atom is 0.232 e. The number of aliphatic hydroxyl groups excluding tert-OH is 1. The van der Waals surface area contributed by atoms with Gasteiger partial charge in [-0.2, -0.15) is 12.6 Å². The third-order valence-electron chi connectivity index (χ3n) is 2.54. The minimum Gasteiger partial charge on any atom is -0.396 e. The lowest BCUT2D eigenvalue weighted by atomic mass is 9.95. The van der Waals surface area contributed by atoms with E-state index in [1.807, 2.05) is 4.90 Å². The highest BCUT2D eigenvalue weighted by Gasteiger charge is 2.21. The van der Waals surface area contributed by atoms with Crippen molar-refractivity contribution in [3.8, 4) is 0 Å². The summed E-state index contributed by atoms with van der Waals surface area (Å²) in [6.07, 6.45) is 3.01. The minimum absolute atomic E-state index is 0.117. The van der Waals surface area contributed by atoms with Crippen molar-refractivity contribution >= 4 is 18.5 Å². The first-order valence-corrected chi connectivity index (χ1v) is 5.40. The number of nitrogens with zero attached hydrogens (tertiary/aromatic N) is 1. The quantitative estimate of drug-likeness (QED) is 0.657. The number of piperidine rings is 1. The predicted octanol–water partition coefficient (Wildman–Crippen LogP) is 0.537. The Kier molecular flexibility index (Phi) is 4.59. The molecule has 1 unspecified atom stereocenters. The molecule has 0 aromatic rings. The van der Waals surface area contributed by atoms with Crippen LogP contribution in [0, 0.1) is 5.92 Å². The SMILES string of the molecule is O=C(CS)N1CCCC(CCO)C1. The van der Waals surface area contributed by atoms with Gasteiger partial charge in [0.2, 0.25) is 5.91 Å². The van der Waals surface area contributed by atoms with E-state index in [1.54, 1.807) is 0 Å². The van der Waals surface area contributed by atoms with Gasteiger partial charge in [0.25, 0.3) is 0 Å². The van der Waals surface area contributed by atoms with E-state index in [0.717, 1.165) is 32.4 Å². The number of carbonyl (C=O) groups excluding carboxylic acids is 1. The number of hydrogen-bond acceptors (Lipinski definition) is 3. The molecule has 0 saturated carbocycles. The van der Waals surface area contributed by atoms with Crippen LogP contribution in [0.5, 0.6) is 0 Å². The highest BCUT2D eigenvalue weighted by Crippen LogP contribution is 2.19. The second kappa shape index (κ2) is 5.50. The molecule has 0 aromatic heterocycles. The van der Waals surface area contributed by atoms with E-state index in [2.05, 4.69) is 12.6 Å². The molecule has 1 atom stereocenters. The predicted molar refractivity (Wildman–Crippen MR) is 54.9 cm³/mol. The van der Waals surface area contributed by atoms with Gasteiger partial charge in [-0.3, -0.25) is 4.79 Å². The van der Waals surface area contributed by atoms with E-state index in [-0.39, 0.29) is 12.5 Å². The molecular weight excluding hydrogens is 186 g/mol. The van der Waals surface area contributed by atoms with Crippen molar-refractivity contribution in [3.63, 3.8) is 0 Å². The fourth-order valence-electron chi connectivity index (χ4n) is 1.81. The van der Waals surface area contributed by atoms with E-state index in [9.17, 15) is 4.79 Å². The molecule has 0 radical (unpaired) electrons. The molecule has 1 aliphatic heterocycles. The lowest BCUT2D eigenvalue weighted by Gasteiger charge is -2.32. The highest BCUT2D eigenvalue weighted by atomic mass is 32.1. The van der Waals surface area contributed by atoms with Gasteiger partial charge in [0.05, 0.1) is 5.75 Å². The average molecular weight is 203 g/mol. The van der Waals surface area contributed by atoms with Gasteiger partial charge in [0, 0.05) is 19.7 Å². The summed E-state index contributed by atoms with van der Waals surface area (Å²) in [7, 11) is 0. The van der Waals surface area contributed by atoms with Crippen LogP contribution in [-0.2, 0) is 4.79 Å². The molecular formula is C9H17NO2S. The number of carbonyl (C=O) groups is 1. The number of aliphatic hydroxyl groups is 1. The van der Waals surface area contributed by atoms with E-state index < -0.39 is 0 Å². The maximum atomic E-state index is 11.3. The van der Waals surface area contributed by atoms with Crippen LogP contribution in [0.3, 0.4) is 0 Å². The third-order valence-corrected chi connectivity index (χ3v) is 2.81. The number of rotatable bonds is 3. The molecule has 1 aliphatic rings. The molecule has 1 N–H and O–H groups in total. The molecule has 76 valence electrons. The summed E-state index contributed by atoms with van der Waals surface area (Å²) in [6.45, 7) is 1.90. The van der Waals surface area contributed by atoms with Crippen LogP contribution < -0.4 is 0 Å². The first-order valence-electron chi connectivity index (χ1n) is 4.77. The summed E-state index contributed by atoms with van der Waals surface area (Å²) in [5.74, 6) is 0.903. The van der Waals surface area contributed by atoms with Crippen LogP contribution in [0.25, 0.3) is 0 Å². The number of thiol groups is 1. The fraction of sp³-hybridized carbons (Fsp3) is 0.889. The molecule has 4 heteroatoms. The second-order valence-corrected chi connectivity index (χ2v) is 3.83. The lowest BCUT2D eigenvalue weighted by Crippen LogP contribution is -2.40. The van der Waals surface area contributed by atoms with Crippen LogP contribution in [0.15, 0.2) is 0 Å². The maximum absolute atomic E-state index is 11.3. The molecule has 0 spiro atoms. The first kappa shape index (κ1) is 10.9. The van der Waals surface area contributed by atoms with Gasteiger partial charge in [0.1, 0.15) is 0 Å². The molecule has 0 aromatic carbocycles. The van der Waals surface area contributed by atoms with Crippen LogP contribution >= 0.6 is 12.6 Å². The van der Waals surface area contributed by atoms with Crippen LogP contribution in [0.2, 0.25) is 0 Å². The van der Waals surface area contributed by atoms with Crippen LogP contribution in [0.1, 0.15) is 19.3 Å². The van der Waals surface area contributed by atoms with Gasteiger partial charge in [-0.15, -0.1) is 0 Å². The Bertz CT molecular complexity index is 173. The van der Waals surface area contributed by atoms with Gasteiger partial charge in [-0.25, -0.2) is 0 Å². The molecule has 1 fully saturated rings. The lowest BCUT2D eigenvalue weighted by molar-refractivity contribution is -0.130. The number of amides is 1. The van der Waals surface area contributed by atoms with Crippen LogP contribution in [-0.4, -0.2) is 41.4 Å². The zero-order chi connectivity index (χ0) is 9.68. The van der Waals surface area contributed by atoms with E-state index >= 15 is 0 Å². The van der Waals surface area contributed by atoms with Gasteiger partial charge >= 0.3 is 0 Å². The first-order chi connectivity index (χ1) is 6.27. The zero-order valence-corrected chi connectivity index (χ0v) is 8.67. The Morgan fingerprint density at radius 1 is 1.62 bits per heavy atom. The van der Waals surface area contributed by atoms with Gasteiger partial charge in [-0.1, -0.05) is 0 Å². The molecule has 0 bridgehead atoms. The van der Waals surface area contributed by atoms with Gasteiger partial charge in [-0.05, 0) is 25.2 Å². The number of likely N-dealkylation sites (tertiary alicyclic amines) is 1. The highest BCUT2D eigenvalue weighted by molar-refractivity contribution is 7.81. The Hall–Kier alpha value is -0.220. The Morgan fingerprint density at radius 2 is 2.38 bits per heavy atom. The molecule has 1 heterocycles. The Morgan fingerprint density at radius 3 is 3.00 bits per heavy atom. The summed E-state index contributed by atoms with van der Waals surface area (Å²) in [5, 5.41) is 8.78. The van der Waals surface area contributed by atoms with E-state index in [1.165, 1.54) is 0 Å². The Balaban J connectivity index is 2.37. The summed E-state index contributed by atoms with van der Waals surface area (Å²) < 4.78 is 0. The molecule has 1 saturated heterocycles. The smallest absolute Gasteiger partial charge is 0.232 e. The summed E-state index contributed by atoms with van der Waals surface area (Å²) in [6, 6.07) is 0. The van der Waals surface area contributed by atoms with Crippen molar-refractivity contribution in [2.24, 2.45) is 5.92 Å². The zero-order valence-electron chi connectivity index (χ0n) is 7.78. The minimum atomic E-state index is 0.117. The van der Waals surface area contributed by atoms with Gasteiger partial charge in [0.15, 0.2) is 0 Å². The Labute approximate surface area is 84.5 Å². The summed E-state index contributed by atoms with van der Waals surface area (Å²) in [4.78, 5) is 13.2. The van der Waals surface area contributed by atoms with Crippen molar-refractivity contribution in [2.45, 2.75) is 19.3 Å². The molecule has 13 heavy (non-hydrogen) atoms.